The van der Waals surface area contributed by atoms with Gasteiger partial charge < -0.3 is 10.1 Å². The molecule has 0 saturated carbocycles. The Bertz CT molecular complexity index is 589. The number of hydrogen-bond acceptors (Lipinski definition) is 4. The summed E-state index contributed by atoms with van der Waals surface area (Å²) in [7, 11) is 1.43. The van der Waals surface area contributed by atoms with E-state index in [4.69, 9.17) is 27.9 Å². The lowest BCUT2D eigenvalue weighted by Gasteiger charge is -2.07. The van der Waals surface area contributed by atoms with Crippen LogP contribution in [0.25, 0.3) is 11.0 Å². The molecule has 7 heteroatoms. The standard InChI is InChI=1S/C10H7Cl2N3O2/c1-17-10-9(13-4-16)14-7-2-5(11)6(12)3-8(7)15-10/h2-4H,1H3,(H,13,14,16). The second-order valence-corrected chi connectivity index (χ2v) is 3.91. The number of halogens is 2. The first-order chi connectivity index (χ1) is 8.15. The first kappa shape index (κ1) is 11.9. The van der Waals surface area contributed by atoms with Gasteiger partial charge in [-0.3, -0.25) is 4.79 Å². The average Bonchev–Trinajstić information content (AvgIpc) is 2.31. The summed E-state index contributed by atoms with van der Waals surface area (Å²) in [6, 6.07) is 3.15. The molecule has 0 spiro atoms. The second-order valence-electron chi connectivity index (χ2n) is 3.10. The van der Waals surface area contributed by atoms with Gasteiger partial charge in [-0.25, -0.2) is 9.97 Å². The van der Waals surface area contributed by atoms with E-state index in [2.05, 4.69) is 15.3 Å². The summed E-state index contributed by atoms with van der Waals surface area (Å²) in [4.78, 5) is 18.7. The van der Waals surface area contributed by atoms with E-state index in [9.17, 15) is 4.79 Å². The van der Waals surface area contributed by atoms with Gasteiger partial charge in [-0.05, 0) is 12.1 Å². The van der Waals surface area contributed by atoms with Crippen LogP contribution in [0.4, 0.5) is 5.82 Å². The number of nitrogens with zero attached hydrogens (tertiary/aromatic N) is 2. The number of carbonyl (C=O) groups is 1. The van der Waals surface area contributed by atoms with Crippen molar-refractivity contribution < 1.29 is 9.53 Å². The fourth-order valence-electron chi connectivity index (χ4n) is 1.33. The Morgan fingerprint density at radius 2 is 1.82 bits per heavy atom. The van der Waals surface area contributed by atoms with Crippen molar-refractivity contribution in [3.63, 3.8) is 0 Å². The monoisotopic (exact) mass is 271 g/mol. The number of rotatable bonds is 3. The van der Waals surface area contributed by atoms with Crippen molar-refractivity contribution in [2.45, 2.75) is 0 Å². The van der Waals surface area contributed by atoms with Crippen molar-refractivity contribution in [1.82, 2.24) is 9.97 Å². The van der Waals surface area contributed by atoms with Gasteiger partial charge in [-0.1, -0.05) is 23.2 Å². The van der Waals surface area contributed by atoms with E-state index in [-0.39, 0.29) is 11.7 Å². The highest BCUT2D eigenvalue weighted by atomic mass is 35.5. The summed E-state index contributed by atoms with van der Waals surface area (Å²) in [5.41, 5.74) is 1.05. The minimum absolute atomic E-state index is 0.211. The van der Waals surface area contributed by atoms with E-state index in [1.807, 2.05) is 0 Å². The SMILES string of the molecule is COc1nc2cc(Cl)c(Cl)cc2nc1NC=O. The molecule has 88 valence electrons. The number of aromatic nitrogens is 2. The first-order valence-corrected chi connectivity index (χ1v) is 5.32. The third kappa shape index (κ3) is 2.25. The van der Waals surface area contributed by atoms with Crippen LogP contribution in [0.3, 0.4) is 0 Å². The number of benzene rings is 1. The lowest BCUT2D eigenvalue weighted by Crippen LogP contribution is -2.02. The van der Waals surface area contributed by atoms with Crippen LogP contribution < -0.4 is 10.1 Å². The van der Waals surface area contributed by atoms with E-state index in [0.29, 0.717) is 27.5 Å². The predicted octanol–water partition coefficient (Wildman–Crippen LogP) is 2.51. The van der Waals surface area contributed by atoms with Crippen LogP contribution in [-0.4, -0.2) is 23.5 Å². The molecule has 0 radical (unpaired) electrons. The molecule has 2 aromatic rings. The fourth-order valence-corrected chi connectivity index (χ4v) is 1.64. The predicted molar refractivity (Wildman–Crippen MR) is 65.8 cm³/mol. The summed E-state index contributed by atoms with van der Waals surface area (Å²) in [5, 5.41) is 3.15. The van der Waals surface area contributed by atoms with Gasteiger partial charge in [0.25, 0.3) is 5.88 Å². The van der Waals surface area contributed by atoms with Gasteiger partial charge in [-0.2, -0.15) is 0 Å². The van der Waals surface area contributed by atoms with Crippen molar-refractivity contribution in [2.24, 2.45) is 0 Å². The van der Waals surface area contributed by atoms with Crippen LogP contribution in [0, 0.1) is 0 Å². The summed E-state index contributed by atoms with van der Waals surface area (Å²) in [5.74, 6) is 0.441. The van der Waals surface area contributed by atoms with Gasteiger partial charge in [0.1, 0.15) is 0 Å². The molecule has 0 unspecified atom stereocenters. The maximum absolute atomic E-state index is 10.4. The van der Waals surface area contributed by atoms with Crippen molar-refractivity contribution in [3.05, 3.63) is 22.2 Å². The van der Waals surface area contributed by atoms with Crippen LogP contribution >= 0.6 is 23.2 Å². The molecule has 17 heavy (non-hydrogen) atoms. The van der Waals surface area contributed by atoms with E-state index in [1.54, 1.807) is 12.1 Å². The van der Waals surface area contributed by atoms with Crippen molar-refractivity contribution in [2.75, 3.05) is 12.4 Å². The molecule has 5 nitrogen and oxygen atoms in total. The third-order valence-corrected chi connectivity index (χ3v) is 2.79. The molecule has 0 fully saturated rings. The number of anilines is 1. The summed E-state index contributed by atoms with van der Waals surface area (Å²) < 4.78 is 5.01. The van der Waals surface area contributed by atoms with Gasteiger partial charge in [0.05, 0.1) is 28.2 Å². The lowest BCUT2D eigenvalue weighted by atomic mass is 10.3. The molecule has 1 aromatic heterocycles. The van der Waals surface area contributed by atoms with Crippen LogP contribution in [0.5, 0.6) is 5.88 Å². The number of amides is 1. The second kappa shape index (κ2) is 4.73. The highest BCUT2D eigenvalue weighted by Crippen LogP contribution is 2.29. The summed E-state index contributed by atoms with van der Waals surface area (Å²) in [6.45, 7) is 0. The Labute approximate surface area is 107 Å². The molecule has 1 aromatic carbocycles. The lowest BCUT2D eigenvalue weighted by molar-refractivity contribution is -0.105. The Balaban J connectivity index is 2.69. The van der Waals surface area contributed by atoms with Gasteiger partial charge >= 0.3 is 0 Å². The van der Waals surface area contributed by atoms with Crippen molar-refractivity contribution in [3.8, 4) is 5.88 Å². The molecule has 1 amide bonds. The van der Waals surface area contributed by atoms with Crippen LogP contribution in [0.1, 0.15) is 0 Å². The number of ether oxygens (including phenoxy) is 1. The minimum atomic E-state index is 0.211. The molecule has 0 atom stereocenters. The number of methoxy groups -OCH3 is 1. The average molecular weight is 272 g/mol. The Hall–Kier alpha value is -1.59. The van der Waals surface area contributed by atoms with Crippen LogP contribution in [0.2, 0.25) is 10.0 Å². The molecule has 0 aliphatic carbocycles. The summed E-state index contributed by atoms with van der Waals surface area (Å²) >= 11 is 11.7. The first-order valence-electron chi connectivity index (χ1n) is 4.56. The highest BCUT2D eigenvalue weighted by molar-refractivity contribution is 6.42. The Morgan fingerprint density at radius 1 is 1.24 bits per heavy atom. The molecular weight excluding hydrogens is 265 g/mol. The zero-order chi connectivity index (χ0) is 12.4. The van der Waals surface area contributed by atoms with Gasteiger partial charge in [0, 0.05) is 0 Å². The van der Waals surface area contributed by atoms with E-state index in [1.165, 1.54) is 7.11 Å². The van der Waals surface area contributed by atoms with Crippen LogP contribution in [0.15, 0.2) is 12.1 Å². The molecule has 1 N–H and O–H groups in total. The van der Waals surface area contributed by atoms with Gasteiger partial charge in [0.2, 0.25) is 6.41 Å². The van der Waals surface area contributed by atoms with Crippen molar-refractivity contribution in [1.29, 1.82) is 0 Å². The number of hydrogen-bond donors (Lipinski definition) is 1. The largest absolute Gasteiger partial charge is 0.478 e. The zero-order valence-electron chi connectivity index (χ0n) is 8.70. The zero-order valence-corrected chi connectivity index (χ0v) is 10.2. The third-order valence-electron chi connectivity index (χ3n) is 2.06. The molecule has 0 aliphatic heterocycles. The fraction of sp³-hybridized carbons (Fsp3) is 0.100. The normalized spacial score (nSPS) is 10.3. The minimum Gasteiger partial charge on any atom is -0.478 e. The van der Waals surface area contributed by atoms with E-state index in [0.717, 1.165) is 0 Å². The van der Waals surface area contributed by atoms with Gasteiger partial charge in [0.15, 0.2) is 5.82 Å². The smallest absolute Gasteiger partial charge is 0.258 e. The summed E-state index contributed by atoms with van der Waals surface area (Å²) in [6.07, 6.45) is 0.496. The number of fused-ring (bicyclic) bond motifs is 1. The van der Waals surface area contributed by atoms with Crippen molar-refractivity contribution >= 4 is 46.5 Å². The Kier molecular flexibility index (Phi) is 3.31. The topological polar surface area (TPSA) is 64.1 Å². The van der Waals surface area contributed by atoms with E-state index >= 15 is 0 Å². The highest BCUT2D eigenvalue weighted by Gasteiger charge is 2.10. The van der Waals surface area contributed by atoms with Crippen LogP contribution in [-0.2, 0) is 4.79 Å². The molecule has 0 bridgehead atoms. The molecule has 0 aliphatic rings. The molecule has 0 saturated heterocycles. The van der Waals surface area contributed by atoms with E-state index < -0.39 is 0 Å². The molecular formula is C10H7Cl2N3O2. The maximum atomic E-state index is 10.4. The molecule has 1 heterocycles. The quantitative estimate of drug-likeness (QED) is 0.872. The van der Waals surface area contributed by atoms with Gasteiger partial charge in [-0.15, -0.1) is 0 Å². The number of carbonyl (C=O) groups excluding carboxylic acids is 1. The Morgan fingerprint density at radius 3 is 2.35 bits per heavy atom. The molecule has 2 rings (SSSR count). The number of nitrogens with one attached hydrogen (secondary N) is 1. The maximum Gasteiger partial charge on any atom is 0.258 e.